The van der Waals surface area contributed by atoms with E-state index in [1.807, 2.05) is 37.3 Å². The molecule has 0 unspecified atom stereocenters. The van der Waals surface area contributed by atoms with Gasteiger partial charge in [0.1, 0.15) is 23.3 Å². The van der Waals surface area contributed by atoms with Gasteiger partial charge < -0.3 is 15.0 Å². The van der Waals surface area contributed by atoms with Crippen molar-refractivity contribution in [3.8, 4) is 10.6 Å². The SMILES string of the molecule is Cc1ccnc(Nc2cccc(-c3cnc(COCC(=O)N(C)C)s3)n2)c1. The third-order valence-corrected chi connectivity index (χ3v) is 4.67. The number of likely N-dealkylation sites (N-methyl/N-ethyl adjacent to an activating group) is 1. The summed E-state index contributed by atoms with van der Waals surface area (Å²) < 4.78 is 5.42. The predicted octanol–water partition coefficient (Wildman–Crippen LogP) is 3.26. The second kappa shape index (κ2) is 8.70. The van der Waals surface area contributed by atoms with Gasteiger partial charge in [0.05, 0.1) is 17.2 Å². The molecular formula is C19H21N5O2S. The highest BCUT2D eigenvalue weighted by molar-refractivity contribution is 7.15. The van der Waals surface area contributed by atoms with E-state index < -0.39 is 0 Å². The van der Waals surface area contributed by atoms with Crippen LogP contribution in [0, 0.1) is 6.92 Å². The van der Waals surface area contributed by atoms with E-state index in [1.54, 1.807) is 26.5 Å². The molecule has 7 nitrogen and oxygen atoms in total. The van der Waals surface area contributed by atoms with Gasteiger partial charge in [0, 0.05) is 26.5 Å². The monoisotopic (exact) mass is 383 g/mol. The lowest BCUT2D eigenvalue weighted by molar-refractivity contribution is -0.133. The van der Waals surface area contributed by atoms with Crippen LogP contribution < -0.4 is 5.32 Å². The summed E-state index contributed by atoms with van der Waals surface area (Å²) in [5.74, 6) is 1.40. The van der Waals surface area contributed by atoms with E-state index in [-0.39, 0.29) is 12.5 Å². The summed E-state index contributed by atoms with van der Waals surface area (Å²) in [5.41, 5.74) is 1.95. The normalized spacial score (nSPS) is 10.6. The average molecular weight is 383 g/mol. The van der Waals surface area contributed by atoms with Crippen molar-refractivity contribution in [2.75, 3.05) is 26.0 Å². The summed E-state index contributed by atoms with van der Waals surface area (Å²) in [4.78, 5) is 27.2. The fourth-order valence-corrected chi connectivity index (χ4v) is 3.05. The number of ether oxygens (including phenoxy) is 1. The van der Waals surface area contributed by atoms with E-state index in [2.05, 4.69) is 20.3 Å². The highest BCUT2D eigenvalue weighted by Gasteiger charge is 2.09. The van der Waals surface area contributed by atoms with E-state index in [0.29, 0.717) is 12.4 Å². The van der Waals surface area contributed by atoms with Crippen molar-refractivity contribution in [1.82, 2.24) is 19.9 Å². The quantitative estimate of drug-likeness (QED) is 0.675. The minimum Gasteiger partial charge on any atom is -0.364 e. The smallest absolute Gasteiger partial charge is 0.248 e. The summed E-state index contributed by atoms with van der Waals surface area (Å²) in [6.07, 6.45) is 3.53. The van der Waals surface area contributed by atoms with Crippen molar-refractivity contribution in [3.05, 3.63) is 53.3 Å². The number of amides is 1. The van der Waals surface area contributed by atoms with Gasteiger partial charge >= 0.3 is 0 Å². The van der Waals surface area contributed by atoms with Crippen LogP contribution in [0.15, 0.2) is 42.7 Å². The fraction of sp³-hybridized carbons (Fsp3) is 0.263. The van der Waals surface area contributed by atoms with Crippen LogP contribution in [0.2, 0.25) is 0 Å². The van der Waals surface area contributed by atoms with Crippen molar-refractivity contribution in [1.29, 1.82) is 0 Å². The Kier molecular flexibility index (Phi) is 6.10. The Bertz CT molecular complexity index is 926. The Morgan fingerprint density at radius 3 is 2.85 bits per heavy atom. The molecule has 0 aliphatic carbocycles. The molecule has 3 rings (SSSR count). The predicted molar refractivity (Wildman–Crippen MR) is 106 cm³/mol. The van der Waals surface area contributed by atoms with Crippen LogP contribution in [0.1, 0.15) is 10.6 Å². The van der Waals surface area contributed by atoms with Gasteiger partial charge in [0.15, 0.2) is 0 Å². The molecule has 8 heteroatoms. The summed E-state index contributed by atoms with van der Waals surface area (Å²) in [7, 11) is 3.40. The summed E-state index contributed by atoms with van der Waals surface area (Å²) in [5, 5.41) is 4.02. The molecule has 140 valence electrons. The number of aromatic nitrogens is 3. The molecule has 0 aliphatic rings. The second-order valence-corrected chi connectivity index (χ2v) is 7.27. The van der Waals surface area contributed by atoms with Gasteiger partial charge in [-0.3, -0.25) is 4.79 Å². The first-order valence-electron chi connectivity index (χ1n) is 8.41. The molecule has 0 saturated heterocycles. The highest BCUT2D eigenvalue weighted by atomic mass is 32.1. The highest BCUT2D eigenvalue weighted by Crippen LogP contribution is 2.26. The Morgan fingerprint density at radius 2 is 2.07 bits per heavy atom. The molecule has 0 aromatic carbocycles. The Morgan fingerprint density at radius 1 is 1.22 bits per heavy atom. The molecule has 0 radical (unpaired) electrons. The average Bonchev–Trinajstić information content (AvgIpc) is 3.11. The number of hydrogen-bond acceptors (Lipinski definition) is 7. The minimum absolute atomic E-state index is 0.0447. The van der Waals surface area contributed by atoms with Crippen LogP contribution >= 0.6 is 11.3 Å². The van der Waals surface area contributed by atoms with Gasteiger partial charge in [-0.05, 0) is 36.8 Å². The lowest BCUT2D eigenvalue weighted by atomic mass is 10.3. The minimum atomic E-state index is -0.0722. The fourth-order valence-electron chi connectivity index (χ4n) is 2.23. The first-order valence-corrected chi connectivity index (χ1v) is 9.22. The maximum Gasteiger partial charge on any atom is 0.248 e. The van der Waals surface area contributed by atoms with Crippen molar-refractivity contribution in [3.63, 3.8) is 0 Å². The number of rotatable bonds is 7. The molecule has 27 heavy (non-hydrogen) atoms. The topological polar surface area (TPSA) is 80.2 Å². The molecule has 0 aliphatic heterocycles. The number of hydrogen-bond donors (Lipinski definition) is 1. The number of pyridine rings is 2. The van der Waals surface area contributed by atoms with Crippen LogP contribution in [0.4, 0.5) is 11.6 Å². The maximum atomic E-state index is 11.5. The first kappa shape index (κ1) is 18.9. The van der Waals surface area contributed by atoms with Crippen molar-refractivity contribution >= 4 is 28.9 Å². The molecule has 3 aromatic rings. The number of thiazole rings is 1. The molecule has 3 aromatic heterocycles. The van der Waals surface area contributed by atoms with Crippen molar-refractivity contribution in [2.45, 2.75) is 13.5 Å². The second-order valence-electron chi connectivity index (χ2n) is 6.15. The van der Waals surface area contributed by atoms with E-state index in [4.69, 9.17) is 4.74 Å². The van der Waals surface area contributed by atoms with Gasteiger partial charge in [-0.25, -0.2) is 15.0 Å². The maximum absolute atomic E-state index is 11.5. The number of aryl methyl sites for hydroxylation is 1. The van der Waals surface area contributed by atoms with Crippen molar-refractivity contribution < 1.29 is 9.53 Å². The molecule has 0 saturated carbocycles. The van der Waals surface area contributed by atoms with E-state index in [9.17, 15) is 4.79 Å². The van der Waals surface area contributed by atoms with Gasteiger partial charge in [-0.2, -0.15) is 0 Å². The Labute approximate surface area is 162 Å². The van der Waals surface area contributed by atoms with Crippen LogP contribution in [-0.4, -0.2) is 46.5 Å². The number of carbonyl (C=O) groups excluding carboxylic acids is 1. The van der Waals surface area contributed by atoms with Crippen LogP contribution in [0.5, 0.6) is 0 Å². The lowest BCUT2D eigenvalue weighted by Gasteiger charge is -2.09. The number of nitrogens with one attached hydrogen (secondary N) is 1. The van der Waals surface area contributed by atoms with E-state index in [1.165, 1.54) is 16.2 Å². The molecule has 0 spiro atoms. The molecule has 0 atom stereocenters. The summed E-state index contributed by atoms with van der Waals surface area (Å²) in [6.45, 7) is 2.36. The zero-order chi connectivity index (χ0) is 19.2. The zero-order valence-electron chi connectivity index (χ0n) is 15.5. The summed E-state index contributed by atoms with van der Waals surface area (Å²) >= 11 is 1.50. The van der Waals surface area contributed by atoms with Gasteiger partial charge in [-0.1, -0.05) is 6.07 Å². The third-order valence-electron chi connectivity index (χ3n) is 3.68. The number of anilines is 2. The summed E-state index contributed by atoms with van der Waals surface area (Å²) in [6, 6.07) is 9.67. The van der Waals surface area contributed by atoms with Gasteiger partial charge in [-0.15, -0.1) is 11.3 Å². The standard InChI is InChI=1S/C19H21N5O2S/c1-13-7-8-20-17(9-13)23-16-6-4-5-14(22-16)15-10-21-18(27-15)11-26-12-19(25)24(2)3/h4-10H,11-12H2,1-3H3,(H,20,22,23). The van der Waals surface area contributed by atoms with E-state index >= 15 is 0 Å². The zero-order valence-corrected chi connectivity index (χ0v) is 16.3. The Hall–Kier alpha value is -2.84. The molecule has 3 heterocycles. The van der Waals surface area contributed by atoms with Crippen molar-refractivity contribution in [2.24, 2.45) is 0 Å². The number of carbonyl (C=O) groups is 1. The Balaban J connectivity index is 1.65. The van der Waals surface area contributed by atoms with Crippen LogP contribution in [0.25, 0.3) is 10.6 Å². The largest absolute Gasteiger partial charge is 0.364 e. The van der Waals surface area contributed by atoms with Gasteiger partial charge in [0.2, 0.25) is 5.91 Å². The third kappa shape index (κ3) is 5.32. The molecule has 1 N–H and O–H groups in total. The lowest BCUT2D eigenvalue weighted by Crippen LogP contribution is -2.26. The van der Waals surface area contributed by atoms with Crippen LogP contribution in [-0.2, 0) is 16.1 Å². The van der Waals surface area contributed by atoms with Gasteiger partial charge in [0.25, 0.3) is 0 Å². The molecule has 1 amide bonds. The van der Waals surface area contributed by atoms with Crippen LogP contribution in [0.3, 0.4) is 0 Å². The van der Waals surface area contributed by atoms with E-state index in [0.717, 1.165) is 27.0 Å². The molecular weight excluding hydrogens is 362 g/mol. The number of nitrogens with zero attached hydrogens (tertiary/aromatic N) is 4. The molecule has 0 bridgehead atoms. The molecule has 0 fully saturated rings. The first-order chi connectivity index (χ1) is 13.0.